The first-order valence-corrected chi connectivity index (χ1v) is 45.6. The minimum Gasteiger partial charge on any atom is -0.494 e. The van der Waals surface area contributed by atoms with Gasteiger partial charge in [-0.1, -0.05) is 73.3 Å². The molecule has 21 rings (SSSR count). The number of hydrogen-bond donors (Lipinski definition) is 11. The van der Waals surface area contributed by atoms with Crippen LogP contribution in [0.15, 0.2) is 225 Å². The SMILES string of the molecule is C=C1COc2cc(F)c(-c3cnc(N)c(-c4ccc5c(c4)CCNC5=O)c3)cc2N1.COC(=O)c1cc(-c2cnc(N)c(-c3ccc4c(c3)CCNC4=O)c2)c(F)c([N+](=O)[O-])c1.COc1cc(C)cc(-c2cnc(N)c(-c3ccc4c(c3)CCNC4=O)c2)c1F.Cc1cc(F)c(-c2cnc(N)c(-c3ccc4c(c3)CCNC4=O)c2)cc1[N+](=O)[O-].Cc1ccc(F)c(-c2cnc(N)c(-c3ccc4c(c3)CCNC4=O)c2)c1F. The van der Waals surface area contributed by atoms with Crippen LogP contribution in [0.25, 0.3) is 111 Å². The number of esters is 1. The number of nitrogens with one attached hydrogen (secondary N) is 6. The molecule has 0 aliphatic carbocycles. The molecule has 0 unspecified atom stereocenters. The van der Waals surface area contributed by atoms with Gasteiger partial charge in [0.25, 0.3) is 35.2 Å². The molecule has 16 N–H and O–H groups in total. The first-order chi connectivity index (χ1) is 70.1. The van der Waals surface area contributed by atoms with Crippen LogP contribution in [0.2, 0.25) is 0 Å². The predicted molar refractivity (Wildman–Crippen MR) is 541 cm³/mol. The Balaban J connectivity index is 0.000000125. The van der Waals surface area contributed by atoms with Crippen LogP contribution in [0.4, 0.5) is 72.5 Å². The molecule has 0 atom stereocenters. The highest BCUT2D eigenvalue weighted by Gasteiger charge is 2.31. The molecule has 0 fully saturated rings. The number of ether oxygens (including phenoxy) is 3. The quantitative estimate of drug-likeness (QED) is 0.0208. The number of rotatable bonds is 14. The third-order valence-electron chi connectivity index (χ3n) is 25.5. The van der Waals surface area contributed by atoms with Gasteiger partial charge in [0.2, 0.25) is 5.82 Å². The van der Waals surface area contributed by atoms with Gasteiger partial charge in [-0.05, 0) is 217 Å². The van der Waals surface area contributed by atoms with E-state index in [4.69, 9.17) is 38.1 Å². The van der Waals surface area contributed by atoms with E-state index in [9.17, 15) is 75.3 Å². The van der Waals surface area contributed by atoms with Gasteiger partial charge < -0.3 is 74.8 Å². The van der Waals surface area contributed by atoms with Crippen LogP contribution in [-0.4, -0.2) is 124 Å². The third-order valence-corrected chi connectivity index (χ3v) is 25.5. The van der Waals surface area contributed by atoms with Crippen LogP contribution < -0.4 is 70.0 Å². The Morgan fingerprint density at radius 1 is 0.370 bits per heavy atom. The van der Waals surface area contributed by atoms with E-state index in [0.29, 0.717) is 188 Å². The molecule has 0 bridgehead atoms. The summed E-state index contributed by atoms with van der Waals surface area (Å²) in [5, 5.41) is 39.7. The predicted octanol–water partition coefficient (Wildman–Crippen LogP) is 18.1. The van der Waals surface area contributed by atoms with Crippen molar-refractivity contribution >= 4 is 81.7 Å². The summed E-state index contributed by atoms with van der Waals surface area (Å²) in [6.07, 6.45) is 10.7. The van der Waals surface area contributed by atoms with Crippen molar-refractivity contribution in [1.82, 2.24) is 51.5 Å². The van der Waals surface area contributed by atoms with E-state index in [1.807, 2.05) is 61.5 Å². The standard InChI is InChI=1S/C23H19FN4O2.C22H17FN4O5.C22H20FN3O2.C21H17F2N3O.C21H17FN4O3/c1-12-11-30-21-9-19(24)17(8-20(21)28-12)15-7-18(22(25)27-10-15)13-2-3-16-14(6-13)4-5-26-23(16)29;1-32-22(29)13-7-16(19(23)18(9-13)27(30)31)14-8-17(20(24)26-10-14)11-2-3-15-12(6-11)4-5-25-21(15)28;1-12-7-17(20(23)19(8-12)28-2)15-10-18(21(24)26-11-15)13-3-4-16-14(9-13)5-6-25-22(16)27;1-11-2-5-17(22)18(19(11)23)14-9-16(20(24)26-10-14)12-3-4-15-13(8-12)6-7-25-21(15)27;1-11-6-18(22)16(9-19(11)26(28)29)14-8-17(20(23)25-10-14)12-2-3-15-13(7-12)4-5-24-21(15)27/h2-3,6-10,28H,1,4-5,11H2,(H2,25,27)(H,26,29);2-3,6-10H,4-5H2,1H3,(H2,24,26)(H,25,28);3-4,7-11H,5-6H2,1-2H3,(H2,24,26)(H,25,27);2-5,8-10H,6-7H2,1H3,(H2,24,26)(H,25,27);2-3,6-10H,4-5H2,1H3,(H2,23,25)(H,24,27). The second kappa shape index (κ2) is 41.6. The highest BCUT2D eigenvalue weighted by Crippen LogP contribution is 2.44. The van der Waals surface area contributed by atoms with E-state index in [-0.39, 0.29) is 91.8 Å². The molecule has 736 valence electrons. The van der Waals surface area contributed by atoms with E-state index in [1.165, 1.54) is 69.0 Å². The van der Waals surface area contributed by atoms with Crippen molar-refractivity contribution in [2.24, 2.45) is 0 Å². The summed E-state index contributed by atoms with van der Waals surface area (Å²) in [4.78, 5) is 114. The highest BCUT2D eigenvalue weighted by molar-refractivity contribution is 6.02. The maximum absolute atomic E-state index is 15.0. The molecule has 5 amide bonds. The molecule has 31 nitrogen and oxygen atoms in total. The average molecular weight is 1970 g/mol. The minimum absolute atomic E-state index is 0.0680. The fraction of sp³-hybridized carbons (Fsp3) is 0.147. The van der Waals surface area contributed by atoms with Crippen LogP contribution in [0, 0.1) is 75.9 Å². The number of nitro groups is 2. The van der Waals surface area contributed by atoms with Gasteiger partial charge in [0.05, 0.1) is 40.9 Å². The van der Waals surface area contributed by atoms with Gasteiger partial charge in [-0.3, -0.25) is 44.2 Å². The molecule has 11 heterocycles. The molecule has 10 aromatic carbocycles. The monoisotopic (exact) mass is 1970 g/mol. The summed E-state index contributed by atoms with van der Waals surface area (Å²) < 4.78 is 103. The largest absolute Gasteiger partial charge is 0.494 e. The van der Waals surface area contributed by atoms with Gasteiger partial charge in [0.15, 0.2) is 11.6 Å². The Bertz CT molecular complexity index is 8000. The van der Waals surface area contributed by atoms with Gasteiger partial charge in [-0.25, -0.2) is 51.7 Å². The van der Waals surface area contributed by atoms with Crippen LogP contribution in [0.5, 0.6) is 11.5 Å². The lowest BCUT2D eigenvalue weighted by Gasteiger charge is -2.22. The van der Waals surface area contributed by atoms with E-state index in [2.05, 4.69) is 68.1 Å². The molecule has 146 heavy (non-hydrogen) atoms. The molecule has 0 saturated heterocycles. The number of nitrogens with zero attached hydrogens (tertiary/aromatic N) is 7. The number of aromatic nitrogens is 5. The molecule has 0 saturated carbocycles. The molecule has 37 heteroatoms. The number of pyridine rings is 5. The number of benzene rings is 10. The van der Waals surface area contributed by atoms with Crippen molar-refractivity contribution in [3.8, 4) is 123 Å². The number of aryl methyl sites for hydroxylation is 3. The fourth-order valence-electron chi connectivity index (χ4n) is 17.9. The van der Waals surface area contributed by atoms with Crippen molar-refractivity contribution in [3.63, 3.8) is 0 Å². The maximum Gasteiger partial charge on any atom is 0.338 e. The molecule has 0 radical (unpaired) electrons. The first-order valence-electron chi connectivity index (χ1n) is 45.6. The fourth-order valence-corrected chi connectivity index (χ4v) is 17.9. The Morgan fingerprint density at radius 2 is 0.726 bits per heavy atom. The third kappa shape index (κ3) is 20.5. The number of carbonyl (C=O) groups excluding carboxylic acids is 6. The summed E-state index contributed by atoms with van der Waals surface area (Å²) in [7, 11) is 2.56. The van der Waals surface area contributed by atoms with Gasteiger partial charge in [-0.15, -0.1) is 0 Å². The number of anilines is 6. The molecular weight excluding hydrogens is 1880 g/mol. The van der Waals surface area contributed by atoms with Crippen molar-refractivity contribution in [1.29, 1.82) is 0 Å². The van der Waals surface area contributed by atoms with Crippen LogP contribution in [-0.2, 0) is 36.8 Å². The van der Waals surface area contributed by atoms with Crippen LogP contribution in [0.3, 0.4) is 0 Å². The normalized spacial score (nSPS) is 13.3. The lowest BCUT2D eigenvalue weighted by molar-refractivity contribution is -0.387. The zero-order valence-corrected chi connectivity index (χ0v) is 78.8. The number of carbonyl (C=O) groups is 6. The summed E-state index contributed by atoms with van der Waals surface area (Å²) in [5.41, 5.74) is 49.2. The van der Waals surface area contributed by atoms with Crippen LogP contribution in [0.1, 0.15) is 107 Å². The van der Waals surface area contributed by atoms with Gasteiger partial charge >= 0.3 is 11.7 Å². The van der Waals surface area contributed by atoms with E-state index in [0.717, 1.165) is 87.7 Å². The number of nitrogen functional groups attached to an aromatic ring is 5. The molecule has 6 aliphatic rings. The zero-order valence-electron chi connectivity index (χ0n) is 78.8. The van der Waals surface area contributed by atoms with Crippen molar-refractivity contribution < 1.29 is 79.2 Å². The Hall–Kier alpha value is -18.7. The lowest BCUT2D eigenvalue weighted by atomic mass is 9.93. The molecule has 5 aromatic heterocycles. The van der Waals surface area contributed by atoms with Gasteiger partial charge in [0.1, 0.15) is 64.7 Å². The van der Waals surface area contributed by atoms with E-state index < -0.39 is 56.4 Å². The number of methoxy groups -OCH3 is 2. The Kier molecular flexibility index (Phi) is 28.2. The number of nitrogens with two attached hydrogens (primary N) is 5. The topological polar surface area (TPSA) is 483 Å². The summed E-state index contributed by atoms with van der Waals surface area (Å²) >= 11 is 0. The van der Waals surface area contributed by atoms with Gasteiger partial charge in [0, 0.05) is 199 Å². The summed E-state index contributed by atoms with van der Waals surface area (Å²) in [5.74, 6) is -3.19. The second-order valence-electron chi connectivity index (χ2n) is 34.9. The highest BCUT2D eigenvalue weighted by atomic mass is 19.2. The molecule has 15 aromatic rings. The number of hydrogen-bond acceptors (Lipinski definition) is 24. The van der Waals surface area contributed by atoms with Crippen molar-refractivity contribution in [3.05, 3.63) is 358 Å². The van der Waals surface area contributed by atoms with Crippen molar-refractivity contribution in [2.75, 3.05) is 87.5 Å². The van der Waals surface area contributed by atoms with E-state index in [1.54, 1.807) is 98.2 Å². The second-order valence-corrected chi connectivity index (χ2v) is 34.9. The number of fused-ring (bicyclic) bond motifs is 6. The van der Waals surface area contributed by atoms with Gasteiger partial charge in [-0.2, -0.15) is 4.39 Å². The number of nitro benzene ring substituents is 2. The van der Waals surface area contributed by atoms with E-state index >= 15 is 0 Å². The molecule has 0 spiro atoms. The minimum atomic E-state index is -1.11. The van der Waals surface area contributed by atoms with Crippen molar-refractivity contribution in [2.45, 2.75) is 52.9 Å². The summed E-state index contributed by atoms with van der Waals surface area (Å²) in [6.45, 7) is 12.0. The summed E-state index contributed by atoms with van der Waals surface area (Å²) in [6, 6.07) is 49.0. The maximum atomic E-state index is 15.0. The lowest BCUT2D eigenvalue weighted by Crippen LogP contribution is -2.31. The Morgan fingerprint density at radius 3 is 1.10 bits per heavy atom. The molecular formula is C109H90F6N18O13. The average Bonchev–Trinajstić information content (AvgIpc) is 0.786. The Labute approximate surface area is 829 Å². The first kappa shape index (κ1) is 98.9. The zero-order chi connectivity index (χ0) is 103. The smallest absolute Gasteiger partial charge is 0.338 e. The number of amides is 5. The van der Waals surface area contributed by atoms with Crippen LogP contribution >= 0.6 is 0 Å². The molecule has 6 aliphatic heterocycles. The number of halogens is 6.